The number of nitrogens with one attached hydrogen (secondary N) is 2. The van der Waals surface area contributed by atoms with Crippen molar-refractivity contribution in [1.29, 1.82) is 0 Å². The largest absolute Gasteiger partial charge is 0.479 e. The highest BCUT2D eigenvalue weighted by Crippen LogP contribution is 2.44. The van der Waals surface area contributed by atoms with Crippen molar-refractivity contribution in [3.05, 3.63) is 95.6 Å². The van der Waals surface area contributed by atoms with Crippen LogP contribution in [0.3, 0.4) is 0 Å². The lowest BCUT2D eigenvalue weighted by molar-refractivity contribution is -0.142. The van der Waals surface area contributed by atoms with Crippen LogP contribution in [0.2, 0.25) is 0 Å². The molecule has 1 saturated carbocycles. The Kier molecular flexibility index (Phi) is 6.23. The van der Waals surface area contributed by atoms with Crippen molar-refractivity contribution in [3.63, 3.8) is 0 Å². The van der Waals surface area contributed by atoms with Gasteiger partial charge in [-0.1, -0.05) is 78.9 Å². The summed E-state index contributed by atoms with van der Waals surface area (Å²) >= 11 is 0. The van der Waals surface area contributed by atoms with E-state index < -0.39 is 30.1 Å². The lowest BCUT2D eigenvalue weighted by Crippen LogP contribution is -2.50. The van der Waals surface area contributed by atoms with E-state index in [4.69, 9.17) is 4.74 Å². The van der Waals surface area contributed by atoms with Crippen molar-refractivity contribution in [1.82, 2.24) is 10.6 Å². The predicted octanol–water partition coefficient (Wildman–Crippen LogP) is 4.25. The minimum absolute atomic E-state index is 0.0410. The van der Waals surface area contributed by atoms with Crippen molar-refractivity contribution in [2.24, 2.45) is 5.92 Å². The van der Waals surface area contributed by atoms with Crippen LogP contribution in [0.1, 0.15) is 41.5 Å². The fourth-order valence-corrected chi connectivity index (χ4v) is 4.76. The van der Waals surface area contributed by atoms with Gasteiger partial charge >= 0.3 is 12.1 Å². The summed E-state index contributed by atoms with van der Waals surface area (Å²) in [6, 6.07) is 22.6. The Bertz CT molecular complexity index is 1210. The molecule has 3 aromatic carbocycles. The van der Waals surface area contributed by atoms with Gasteiger partial charge in [0.15, 0.2) is 6.04 Å². The Labute approximate surface area is 203 Å². The third kappa shape index (κ3) is 4.75. The Hall–Kier alpha value is -4.13. The van der Waals surface area contributed by atoms with E-state index >= 15 is 0 Å². The molecule has 2 amide bonds. The molecule has 5 rings (SSSR count). The zero-order chi connectivity index (χ0) is 24.4. The molecule has 1 fully saturated rings. The molecule has 2 aliphatic carbocycles. The predicted molar refractivity (Wildman–Crippen MR) is 130 cm³/mol. The number of aliphatic carboxylic acids is 1. The molecule has 35 heavy (non-hydrogen) atoms. The molecule has 0 bridgehead atoms. The lowest BCUT2D eigenvalue weighted by atomic mass is 9.98. The summed E-state index contributed by atoms with van der Waals surface area (Å²) in [5, 5.41) is 14.9. The first kappa shape index (κ1) is 22.7. The standard InChI is InChI=1S/C28H26N2O5/c31-26(29-25(27(32)33)17-8-2-1-3-9-17)24(18-14-15-18)30-28(34)35-16-23-21-12-6-4-10-19(21)20-11-5-7-13-22(20)23/h1-13,18,23-25H,14-16H2,(H,29,31)(H,30,34)(H,32,33). The van der Waals surface area contributed by atoms with Gasteiger partial charge in [-0.3, -0.25) is 4.79 Å². The highest BCUT2D eigenvalue weighted by atomic mass is 16.5. The lowest BCUT2D eigenvalue weighted by Gasteiger charge is -2.22. The Morgan fingerprint density at radius 3 is 1.97 bits per heavy atom. The number of fused-ring (bicyclic) bond motifs is 3. The van der Waals surface area contributed by atoms with Gasteiger partial charge in [0.2, 0.25) is 5.91 Å². The number of hydrogen-bond donors (Lipinski definition) is 3. The summed E-state index contributed by atoms with van der Waals surface area (Å²) < 4.78 is 5.59. The first-order chi connectivity index (χ1) is 17.0. The van der Waals surface area contributed by atoms with Crippen LogP contribution in [0, 0.1) is 5.92 Å². The Morgan fingerprint density at radius 2 is 1.40 bits per heavy atom. The summed E-state index contributed by atoms with van der Waals surface area (Å²) in [7, 11) is 0. The molecule has 0 heterocycles. The zero-order valence-corrected chi connectivity index (χ0v) is 19.0. The molecule has 2 aliphatic rings. The van der Waals surface area contributed by atoms with Crippen molar-refractivity contribution >= 4 is 18.0 Å². The van der Waals surface area contributed by atoms with Crippen LogP contribution in [-0.4, -0.2) is 35.7 Å². The van der Waals surface area contributed by atoms with Crippen LogP contribution in [0.4, 0.5) is 4.79 Å². The smallest absolute Gasteiger partial charge is 0.407 e. The summed E-state index contributed by atoms with van der Waals surface area (Å²) in [6.45, 7) is 0.140. The second-order valence-electron chi connectivity index (χ2n) is 8.98. The molecule has 3 aromatic rings. The quantitative estimate of drug-likeness (QED) is 0.457. The van der Waals surface area contributed by atoms with Crippen molar-refractivity contribution < 1.29 is 24.2 Å². The van der Waals surface area contributed by atoms with Crippen molar-refractivity contribution in [3.8, 4) is 11.1 Å². The van der Waals surface area contributed by atoms with Gasteiger partial charge in [0.25, 0.3) is 0 Å². The summed E-state index contributed by atoms with van der Waals surface area (Å²) in [6.07, 6.45) is 0.876. The van der Waals surface area contributed by atoms with Crippen LogP contribution in [0.15, 0.2) is 78.9 Å². The van der Waals surface area contributed by atoms with Crippen LogP contribution in [0.5, 0.6) is 0 Å². The van der Waals surface area contributed by atoms with E-state index in [-0.39, 0.29) is 18.4 Å². The van der Waals surface area contributed by atoms with E-state index in [2.05, 4.69) is 22.8 Å². The Balaban J connectivity index is 1.25. The van der Waals surface area contributed by atoms with Crippen LogP contribution in [-0.2, 0) is 14.3 Å². The zero-order valence-electron chi connectivity index (χ0n) is 19.0. The second kappa shape index (κ2) is 9.62. The molecule has 0 aliphatic heterocycles. The van der Waals surface area contributed by atoms with Gasteiger partial charge < -0.3 is 20.5 Å². The fourth-order valence-electron chi connectivity index (χ4n) is 4.76. The molecule has 2 atom stereocenters. The van der Waals surface area contributed by atoms with Gasteiger partial charge in [0, 0.05) is 5.92 Å². The van der Waals surface area contributed by atoms with Gasteiger partial charge in [0.1, 0.15) is 12.6 Å². The summed E-state index contributed by atoms with van der Waals surface area (Å²) in [4.78, 5) is 37.5. The van der Waals surface area contributed by atoms with Gasteiger partial charge in [-0.25, -0.2) is 9.59 Å². The second-order valence-corrected chi connectivity index (χ2v) is 8.98. The summed E-state index contributed by atoms with van der Waals surface area (Å²) in [5.74, 6) is -1.82. The van der Waals surface area contributed by atoms with Gasteiger partial charge in [-0.05, 0) is 46.6 Å². The number of amides is 2. The molecule has 0 spiro atoms. The van der Waals surface area contributed by atoms with Crippen LogP contribution >= 0.6 is 0 Å². The third-order valence-electron chi connectivity index (χ3n) is 6.66. The molecule has 0 radical (unpaired) electrons. The SMILES string of the molecule is O=C(NC(C(=O)NC(C(=O)O)c1ccccc1)C1CC1)OCC1c2ccccc2-c2ccccc21. The minimum atomic E-state index is -1.20. The van der Waals surface area contributed by atoms with Crippen LogP contribution in [0.25, 0.3) is 11.1 Å². The highest BCUT2D eigenvalue weighted by molar-refractivity contribution is 5.90. The normalized spacial score (nSPS) is 15.9. The number of carboxylic acids is 1. The first-order valence-corrected chi connectivity index (χ1v) is 11.7. The van der Waals surface area contributed by atoms with Gasteiger partial charge in [-0.2, -0.15) is 0 Å². The number of carboxylic acid groups (broad SMARTS) is 1. The molecular weight excluding hydrogens is 444 g/mol. The maximum atomic E-state index is 13.0. The molecule has 2 unspecified atom stereocenters. The average Bonchev–Trinajstić information content (AvgIpc) is 3.67. The molecule has 7 nitrogen and oxygen atoms in total. The number of ether oxygens (including phenoxy) is 1. The molecule has 7 heteroatoms. The van der Waals surface area contributed by atoms with E-state index in [0.29, 0.717) is 5.56 Å². The van der Waals surface area contributed by atoms with E-state index in [1.54, 1.807) is 30.3 Å². The Morgan fingerprint density at radius 1 is 0.829 bits per heavy atom. The molecule has 3 N–H and O–H groups in total. The highest BCUT2D eigenvalue weighted by Gasteiger charge is 2.39. The molecule has 178 valence electrons. The van der Waals surface area contributed by atoms with E-state index in [9.17, 15) is 19.5 Å². The third-order valence-corrected chi connectivity index (χ3v) is 6.66. The first-order valence-electron chi connectivity index (χ1n) is 11.7. The van der Waals surface area contributed by atoms with E-state index in [1.165, 1.54) is 0 Å². The molecular formula is C28H26N2O5. The number of carbonyl (C=O) groups is 3. The maximum absolute atomic E-state index is 13.0. The van der Waals surface area contributed by atoms with Crippen molar-refractivity contribution in [2.45, 2.75) is 30.8 Å². The van der Waals surface area contributed by atoms with Crippen LogP contribution < -0.4 is 10.6 Å². The maximum Gasteiger partial charge on any atom is 0.407 e. The van der Waals surface area contributed by atoms with E-state index in [1.807, 2.05) is 36.4 Å². The number of rotatable bonds is 8. The molecule has 0 saturated heterocycles. The fraction of sp³-hybridized carbons (Fsp3) is 0.250. The number of benzene rings is 3. The summed E-state index contributed by atoms with van der Waals surface area (Å²) in [5.41, 5.74) is 4.93. The van der Waals surface area contributed by atoms with Crippen molar-refractivity contribution in [2.75, 3.05) is 6.61 Å². The van der Waals surface area contributed by atoms with E-state index in [0.717, 1.165) is 35.1 Å². The monoisotopic (exact) mass is 470 g/mol. The van der Waals surface area contributed by atoms with Gasteiger partial charge in [-0.15, -0.1) is 0 Å². The average molecular weight is 471 g/mol. The topological polar surface area (TPSA) is 105 Å². The number of alkyl carbamates (subject to hydrolysis) is 1. The minimum Gasteiger partial charge on any atom is -0.479 e. The molecule has 0 aromatic heterocycles. The van der Waals surface area contributed by atoms with Gasteiger partial charge in [0.05, 0.1) is 0 Å². The number of carbonyl (C=O) groups excluding carboxylic acids is 2. The number of hydrogen-bond acceptors (Lipinski definition) is 4.